The maximum absolute atomic E-state index is 14.1. The first-order valence-corrected chi connectivity index (χ1v) is 21.2. The Morgan fingerprint density at radius 2 is 1.51 bits per heavy atom. The minimum atomic E-state index is -1.70. The van der Waals surface area contributed by atoms with E-state index in [2.05, 4.69) is 31.9 Å². The van der Waals surface area contributed by atoms with Gasteiger partial charge in [-0.05, 0) is 43.4 Å². The van der Waals surface area contributed by atoms with E-state index in [1.165, 1.54) is 35.6 Å². The average molecular weight is 838 g/mol. The number of amides is 7. The van der Waals surface area contributed by atoms with Gasteiger partial charge in [-0.1, -0.05) is 73.3 Å². The lowest BCUT2D eigenvalue weighted by Gasteiger charge is -2.36. The van der Waals surface area contributed by atoms with Gasteiger partial charge in [0.05, 0.1) is 19.6 Å². The van der Waals surface area contributed by atoms with Gasteiger partial charge in [0.2, 0.25) is 41.4 Å². The van der Waals surface area contributed by atoms with Crippen molar-refractivity contribution in [2.45, 2.75) is 120 Å². The Morgan fingerprint density at radius 3 is 2.09 bits per heavy atom. The molecule has 1 saturated carbocycles. The number of aliphatic hydroxyl groups is 1. The van der Waals surface area contributed by atoms with Crippen molar-refractivity contribution >= 4 is 68.9 Å². The van der Waals surface area contributed by atoms with Crippen LogP contribution >= 0.6 is 21.6 Å². The Labute approximate surface area is 339 Å². The molecule has 20 heteroatoms. The highest BCUT2D eigenvalue weighted by Gasteiger charge is 2.39. The van der Waals surface area contributed by atoms with Crippen LogP contribution in [0.1, 0.15) is 77.7 Å². The molecule has 57 heavy (non-hydrogen) atoms. The van der Waals surface area contributed by atoms with Crippen LogP contribution in [0.5, 0.6) is 5.75 Å². The minimum absolute atomic E-state index is 0.00262. The van der Waals surface area contributed by atoms with E-state index in [1.807, 2.05) is 0 Å². The fraction of sp³-hybridized carbons (Fsp3) is 0.622. The van der Waals surface area contributed by atoms with E-state index in [4.69, 9.17) is 10.5 Å². The molecule has 1 aliphatic heterocycles. The van der Waals surface area contributed by atoms with Gasteiger partial charge in [0.15, 0.2) is 0 Å². The van der Waals surface area contributed by atoms with Crippen molar-refractivity contribution in [1.29, 1.82) is 0 Å². The lowest BCUT2D eigenvalue weighted by Crippen LogP contribution is -2.62. The van der Waals surface area contributed by atoms with E-state index >= 15 is 0 Å². The Kier molecular flexibility index (Phi) is 18.4. The third-order valence-corrected chi connectivity index (χ3v) is 13.2. The maximum atomic E-state index is 14.1. The van der Waals surface area contributed by atoms with Crippen LogP contribution in [0.2, 0.25) is 0 Å². The van der Waals surface area contributed by atoms with E-state index < -0.39 is 107 Å². The molecule has 0 bridgehead atoms. The lowest BCUT2D eigenvalue weighted by atomic mass is 9.85. The number of aliphatic hydroxyl groups excluding tert-OH is 1. The highest BCUT2D eigenvalue weighted by atomic mass is 33.1. The number of rotatable bonds is 11. The molecule has 7 atom stereocenters. The zero-order chi connectivity index (χ0) is 42.3. The van der Waals surface area contributed by atoms with Gasteiger partial charge >= 0.3 is 5.97 Å². The van der Waals surface area contributed by atoms with E-state index in [0.717, 1.165) is 19.3 Å². The van der Waals surface area contributed by atoms with Crippen molar-refractivity contribution in [1.82, 2.24) is 31.9 Å². The van der Waals surface area contributed by atoms with Crippen LogP contribution in [0, 0.1) is 5.92 Å². The van der Waals surface area contributed by atoms with Gasteiger partial charge in [0.25, 0.3) is 0 Å². The van der Waals surface area contributed by atoms with Crippen molar-refractivity contribution < 1.29 is 53.3 Å². The topological polar surface area (TPSA) is 284 Å². The van der Waals surface area contributed by atoms with Gasteiger partial charge in [-0.25, -0.2) is 0 Å². The molecule has 0 radical (unpaired) electrons. The molecular weight excluding hydrogens is 783 g/mol. The Hall–Kier alpha value is -4.56. The summed E-state index contributed by atoms with van der Waals surface area (Å²) < 4.78 is 4.62. The number of ether oxygens (including phenoxy) is 1. The van der Waals surface area contributed by atoms with Crippen LogP contribution < -0.4 is 42.4 Å². The third-order valence-electron chi connectivity index (χ3n) is 9.91. The lowest BCUT2D eigenvalue weighted by molar-refractivity contribution is -0.139. The molecule has 1 aromatic rings. The summed E-state index contributed by atoms with van der Waals surface area (Å²) in [6.07, 6.45) is 1.99. The SMILES string of the molecule is CC[C@H](C)[C@@H]1NC(=O)[C@H](Cc2ccc(OC)cc2)NC(=O)CC2(CCCCC2)SSC[C@@H](C(=O)NCC(=O)O)NC(=O)[C@H](CC(N)=O)NC(=O)[C@H]([C@@H](C)O)NC1=O. The predicted molar refractivity (Wildman–Crippen MR) is 212 cm³/mol. The van der Waals surface area contributed by atoms with E-state index in [0.29, 0.717) is 30.6 Å². The van der Waals surface area contributed by atoms with Gasteiger partial charge in [-0.3, -0.25) is 38.4 Å². The van der Waals surface area contributed by atoms with Crippen LogP contribution in [0.4, 0.5) is 0 Å². The summed E-state index contributed by atoms with van der Waals surface area (Å²) in [5, 5.41) is 34.9. The number of carboxylic acid groups (broad SMARTS) is 1. The molecule has 18 nitrogen and oxygen atoms in total. The van der Waals surface area contributed by atoms with E-state index in [-0.39, 0.29) is 18.6 Å². The smallest absolute Gasteiger partial charge is 0.322 e. The summed E-state index contributed by atoms with van der Waals surface area (Å²) in [5.41, 5.74) is 6.10. The molecule has 0 unspecified atom stereocenters. The standard InChI is InChI=1S/C37H55N7O11S2/c1-5-20(2)30-35(53)44-31(21(3)45)36(54)41-25(16-27(38)46)33(51)42-26(32(50)39-18-29(48)49)19-56-57-37(13-7-6-8-14-37)17-28(47)40-24(34(52)43-30)15-22-9-11-23(55-4)12-10-22/h9-12,20-21,24-26,30-31,45H,5-8,13-19H2,1-4H3,(H2,38,46)(H,39,50)(H,40,47)(H,41,54)(H,42,51)(H,43,52)(H,44,53)(H,48,49)/t20-,21+,24-,25-,26-,30-,31-/m0/s1. The molecule has 1 aliphatic carbocycles. The number of primary amides is 1. The summed E-state index contributed by atoms with van der Waals surface area (Å²) in [6, 6.07) is -0.197. The van der Waals surface area contributed by atoms with Gasteiger partial charge in [0, 0.05) is 23.3 Å². The van der Waals surface area contributed by atoms with Crippen molar-refractivity contribution in [2.75, 3.05) is 19.4 Å². The van der Waals surface area contributed by atoms with Crippen LogP contribution in [0.3, 0.4) is 0 Å². The van der Waals surface area contributed by atoms with Crippen molar-refractivity contribution in [3.63, 3.8) is 0 Å². The normalized spacial score (nSPS) is 25.3. The number of carbonyl (C=O) groups excluding carboxylic acids is 7. The van der Waals surface area contributed by atoms with Gasteiger partial charge in [-0.15, -0.1) is 0 Å². The average Bonchev–Trinajstić information content (AvgIpc) is 3.16. The largest absolute Gasteiger partial charge is 0.497 e. The van der Waals surface area contributed by atoms with Crippen LogP contribution in [-0.2, 0) is 44.8 Å². The molecule has 1 spiro atoms. The summed E-state index contributed by atoms with van der Waals surface area (Å²) in [7, 11) is 4.04. The Bertz CT molecular complexity index is 1610. The zero-order valence-electron chi connectivity index (χ0n) is 32.6. The number of methoxy groups -OCH3 is 1. The second kappa shape index (κ2) is 22.4. The molecule has 1 aromatic carbocycles. The predicted octanol–water partition coefficient (Wildman–Crippen LogP) is -0.347. The molecule has 316 valence electrons. The Balaban J connectivity index is 2.09. The summed E-state index contributed by atoms with van der Waals surface area (Å²) in [5.74, 6) is -7.27. The first-order chi connectivity index (χ1) is 27.0. The number of carbonyl (C=O) groups is 8. The van der Waals surface area contributed by atoms with Gasteiger partial charge < -0.3 is 52.6 Å². The summed E-state index contributed by atoms with van der Waals surface area (Å²) in [4.78, 5) is 106. The highest BCUT2D eigenvalue weighted by molar-refractivity contribution is 8.77. The molecule has 1 saturated heterocycles. The van der Waals surface area contributed by atoms with Gasteiger partial charge in [-0.2, -0.15) is 0 Å². The van der Waals surface area contributed by atoms with Crippen LogP contribution in [-0.4, -0.2) is 118 Å². The van der Waals surface area contributed by atoms with Crippen LogP contribution in [0.25, 0.3) is 0 Å². The van der Waals surface area contributed by atoms with Crippen molar-refractivity contribution in [3.05, 3.63) is 29.8 Å². The molecule has 0 aromatic heterocycles. The molecule has 7 amide bonds. The number of nitrogens with one attached hydrogen (secondary N) is 6. The highest BCUT2D eigenvalue weighted by Crippen LogP contribution is 2.48. The van der Waals surface area contributed by atoms with Crippen LogP contribution in [0.15, 0.2) is 24.3 Å². The summed E-state index contributed by atoms with van der Waals surface area (Å²) >= 11 is 0. The quantitative estimate of drug-likeness (QED) is 0.129. The minimum Gasteiger partial charge on any atom is -0.497 e. The number of nitrogens with two attached hydrogens (primary N) is 1. The van der Waals surface area contributed by atoms with Gasteiger partial charge in [0.1, 0.15) is 42.5 Å². The molecular formula is C37H55N7O11S2. The molecule has 2 aliphatic rings. The number of hydrogen-bond donors (Lipinski definition) is 9. The second-order valence-electron chi connectivity index (χ2n) is 14.5. The first-order valence-electron chi connectivity index (χ1n) is 18.9. The fourth-order valence-electron chi connectivity index (χ4n) is 6.47. The van der Waals surface area contributed by atoms with Crippen molar-refractivity contribution in [2.24, 2.45) is 11.7 Å². The van der Waals surface area contributed by atoms with E-state index in [9.17, 15) is 48.6 Å². The molecule has 1 heterocycles. The third kappa shape index (κ3) is 14.7. The number of aliphatic carboxylic acids is 1. The molecule has 2 fully saturated rings. The Morgan fingerprint density at radius 1 is 0.895 bits per heavy atom. The number of hydrogen-bond acceptors (Lipinski definition) is 12. The monoisotopic (exact) mass is 837 g/mol. The second-order valence-corrected chi connectivity index (χ2v) is 17.3. The maximum Gasteiger partial charge on any atom is 0.322 e. The number of benzene rings is 1. The fourth-order valence-corrected chi connectivity index (χ4v) is 9.85. The van der Waals surface area contributed by atoms with E-state index in [1.54, 1.807) is 38.1 Å². The number of carboxylic acids is 1. The zero-order valence-corrected chi connectivity index (χ0v) is 34.2. The molecule has 3 rings (SSSR count). The summed E-state index contributed by atoms with van der Waals surface area (Å²) in [6.45, 7) is 3.95. The molecule has 10 N–H and O–H groups in total. The first kappa shape index (κ1) is 46.8. The van der Waals surface area contributed by atoms with Crippen molar-refractivity contribution in [3.8, 4) is 5.75 Å².